The molecule has 1 fully saturated rings. The minimum Gasteiger partial charge on any atom is -0.465 e. The minimum atomic E-state index is -0.343. The monoisotopic (exact) mass is 402 g/mol. The van der Waals surface area contributed by atoms with Crippen LogP contribution in [0, 0.1) is 5.92 Å². The number of carbonyl (C=O) groups excluding carboxylic acids is 1. The van der Waals surface area contributed by atoms with Crippen molar-refractivity contribution >= 4 is 33.8 Å². The molecule has 0 aliphatic heterocycles. The summed E-state index contributed by atoms with van der Waals surface area (Å²) in [6.07, 6.45) is 4.44. The Morgan fingerprint density at radius 1 is 1.44 bits per heavy atom. The van der Waals surface area contributed by atoms with E-state index in [4.69, 9.17) is 10.6 Å². The highest BCUT2D eigenvalue weighted by molar-refractivity contribution is 9.10. The van der Waals surface area contributed by atoms with Crippen LogP contribution in [0.15, 0.2) is 51.1 Å². The molecule has 0 bridgehead atoms. The van der Waals surface area contributed by atoms with Gasteiger partial charge in [-0.3, -0.25) is 4.99 Å². The van der Waals surface area contributed by atoms with Crippen LogP contribution in [0.25, 0.3) is 5.69 Å². The summed E-state index contributed by atoms with van der Waals surface area (Å²) in [5.74, 6) is 5.45. The highest BCUT2D eigenvalue weighted by Crippen LogP contribution is 2.50. The van der Waals surface area contributed by atoms with Crippen molar-refractivity contribution in [3.05, 3.63) is 52.3 Å². The Hall–Kier alpha value is -2.41. The van der Waals surface area contributed by atoms with Crippen molar-refractivity contribution in [2.75, 3.05) is 14.2 Å². The van der Waals surface area contributed by atoms with Gasteiger partial charge in [-0.05, 0) is 30.7 Å². The number of aromatic nitrogens is 1. The van der Waals surface area contributed by atoms with E-state index in [-0.39, 0.29) is 17.8 Å². The fourth-order valence-electron chi connectivity index (χ4n) is 3.14. The highest BCUT2D eigenvalue weighted by Gasteiger charge is 2.45. The zero-order valence-electron chi connectivity index (χ0n) is 14.0. The van der Waals surface area contributed by atoms with Crippen LogP contribution < -0.4 is 5.84 Å². The lowest BCUT2D eigenvalue weighted by atomic mass is 10.1. The first kappa shape index (κ1) is 17.4. The molecule has 130 valence electrons. The lowest BCUT2D eigenvalue weighted by molar-refractivity contribution is 0.0599. The predicted octanol–water partition coefficient (Wildman–Crippen LogP) is 3.15. The Bertz CT molecular complexity index is 857. The van der Waals surface area contributed by atoms with Gasteiger partial charge in [0, 0.05) is 47.1 Å². The van der Waals surface area contributed by atoms with Gasteiger partial charge in [0.1, 0.15) is 0 Å². The second kappa shape index (κ2) is 7.23. The van der Waals surface area contributed by atoms with Crippen LogP contribution >= 0.6 is 15.9 Å². The van der Waals surface area contributed by atoms with Crippen LogP contribution in [0.4, 0.5) is 0 Å². The number of aliphatic imine (C=N–C) groups is 1. The van der Waals surface area contributed by atoms with E-state index < -0.39 is 0 Å². The van der Waals surface area contributed by atoms with E-state index in [1.807, 2.05) is 35.0 Å². The molecular formula is C18H19BrN4O2. The van der Waals surface area contributed by atoms with Gasteiger partial charge in [-0.2, -0.15) is 5.10 Å². The summed E-state index contributed by atoms with van der Waals surface area (Å²) < 4.78 is 7.95. The molecule has 3 rings (SSSR count). The first-order valence-electron chi connectivity index (χ1n) is 7.86. The molecule has 0 spiro atoms. The van der Waals surface area contributed by atoms with Crippen LogP contribution in [0.2, 0.25) is 0 Å². The quantitative estimate of drug-likeness (QED) is 0.360. The third kappa shape index (κ3) is 3.37. The summed E-state index contributed by atoms with van der Waals surface area (Å²) >= 11 is 3.49. The molecule has 1 unspecified atom stereocenters. The average Bonchev–Trinajstić information content (AvgIpc) is 3.27. The van der Waals surface area contributed by atoms with Crippen LogP contribution in [0.3, 0.4) is 0 Å². The van der Waals surface area contributed by atoms with Gasteiger partial charge in [-0.1, -0.05) is 22.0 Å². The van der Waals surface area contributed by atoms with Gasteiger partial charge < -0.3 is 15.1 Å². The van der Waals surface area contributed by atoms with E-state index in [2.05, 4.69) is 26.0 Å². The standard InChI is InChI=1S/C18H19BrN4O2/c1-21-10-16(22-20)14-9-15(14)17-13(18(24)25-2)6-7-23(17)12-5-3-4-11(19)8-12/h3-8,10,14-15H,9,20H2,1-2H3/t14?,15-/m1/s1. The third-order valence-electron chi connectivity index (χ3n) is 4.35. The molecule has 0 radical (unpaired) electrons. The highest BCUT2D eigenvalue weighted by atomic mass is 79.9. The number of hydrogen-bond acceptors (Lipinski definition) is 5. The zero-order chi connectivity index (χ0) is 18.0. The normalized spacial score (nSPS) is 20.0. The smallest absolute Gasteiger partial charge is 0.339 e. The number of rotatable bonds is 5. The second-order valence-corrected chi connectivity index (χ2v) is 6.76. The number of ether oxygens (including phenoxy) is 1. The summed E-state index contributed by atoms with van der Waals surface area (Å²) in [5, 5.41) is 3.85. The molecule has 7 heteroatoms. The predicted molar refractivity (Wildman–Crippen MR) is 102 cm³/mol. The van der Waals surface area contributed by atoms with Crippen molar-refractivity contribution in [1.29, 1.82) is 0 Å². The Morgan fingerprint density at radius 3 is 2.88 bits per heavy atom. The third-order valence-corrected chi connectivity index (χ3v) is 4.84. The summed E-state index contributed by atoms with van der Waals surface area (Å²) in [6, 6.07) is 9.72. The Kier molecular flexibility index (Phi) is 5.03. The number of hydrazone groups is 1. The van der Waals surface area contributed by atoms with Gasteiger partial charge in [0.15, 0.2) is 0 Å². The maximum atomic E-state index is 12.2. The number of nitrogens with zero attached hydrogens (tertiary/aromatic N) is 3. The average molecular weight is 403 g/mol. The fourth-order valence-corrected chi connectivity index (χ4v) is 3.52. The van der Waals surface area contributed by atoms with Gasteiger partial charge in [0.25, 0.3) is 0 Å². The molecule has 1 aromatic carbocycles. The maximum absolute atomic E-state index is 12.2. The van der Waals surface area contributed by atoms with Crippen molar-refractivity contribution in [3.8, 4) is 5.69 Å². The number of methoxy groups -OCH3 is 1. The first-order chi connectivity index (χ1) is 12.1. The number of hydrogen-bond donors (Lipinski definition) is 1. The van der Waals surface area contributed by atoms with Crippen molar-refractivity contribution in [1.82, 2.24) is 4.57 Å². The maximum Gasteiger partial charge on any atom is 0.339 e. The minimum absolute atomic E-state index is 0.142. The Morgan fingerprint density at radius 2 is 2.24 bits per heavy atom. The molecular weight excluding hydrogens is 384 g/mol. The summed E-state index contributed by atoms with van der Waals surface area (Å²) in [4.78, 5) is 16.2. The molecule has 0 amide bonds. The molecule has 2 N–H and O–H groups in total. The molecule has 1 aromatic heterocycles. The summed E-state index contributed by atoms with van der Waals surface area (Å²) in [5.41, 5.74) is 3.20. The summed E-state index contributed by atoms with van der Waals surface area (Å²) in [7, 11) is 3.08. The molecule has 1 saturated carbocycles. The number of esters is 1. The van der Waals surface area contributed by atoms with Gasteiger partial charge in [0.05, 0.1) is 18.4 Å². The second-order valence-electron chi connectivity index (χ2n) is 5.85. The summed E-state index contributed by atoms with van der Waals surface area (Å²) in [6.45, 7) is 0. The number of halogens is 1. The first-order valence-corrected chi connectivity index (χ1v) is 8.65. The number of nitrogens with two attached hydrogens (primary N) is 1. The van der Waals surface area contributed by atoms with E-state index in [9.17, 15) is 4.79 Å². The van der Waals surface area contributed by atoms with Crippen molar-refractivity contribution < 1.29 is 9.53 Å². The van der Waals surface area contributed by atoms with E-state index in [1.54, 1.807) is 19.3 Å². The molecule has 2 atom stereocenters. The lowest BCUT2D eigenvalue weighted by Crippen LogP contribution is -2.11. The molecule has 1 aliphatic rings. The zero-order valence-corrected chi connectivity index (χ0v) is 15.6. The largest absolute Gasteiger partial charge is 0.465 e. The van der Waals surface area contributed by atoms with Crippen molar-refractivity contribution in [2.24, 2.45) is 21.9 Å². The molecule has 6 nitrogen and oxygen atoms in total. The SMILES string of the molecule is CN=CC(=NN)C1C[C@H]1c1c(C(=O)OC)ccn1-c1cccc(Br)c1. The molecule has 2 aromatic rings. The lowest BCUT2D eigenvalue weighted by Gasteiger charge is -2.12. The Labute approximate surface area is 154 Å². The van der Waals surface area contributed by atoms with E-state index in [0.717, 1.165) is 28.0 Å². The van der Waals surface area contributed by atoms with E-state index >= 15 is 0 Å². The van der Waals surface area contributed by atoms with Crippen LogP contribution in [0.1, 0.15) is 28.4 Å². The number of carbonyl (C=O) groups is 1. The van der Waals surface area contributed by atoms with Crippen molar-refractivity contribution in [3.63, 3.8) is 0 Å². The van der Waals surface area contributed by atoms with Gasteiger partial charge >= 0.3 is 5.97 Å². The van der Waals surface area contributed by atoms with Gasteiger partial charge in [0.2, 0.25) is 0 Å². The van der Waals surface area contributed by atoms with Crippen LogP contribution in [-0.2, 0) is 4.74 Å². The van der Waals surface area contributed by atoms with Crippen LogP contribution in [-0.4, -0.2) is 36.6 Å². The Balaban J connectivity index is 2.05. The molecule has 0 saturated heterocycles. The van der Waals surface area contributed by atoms with Crippen LogP contribution in [0.5, 0.6) is 0 Å². The number of benzene rings is 1. The van der Waals surface area contributed by atoms with Crippen molar-refractivity contribution in [2.45, 2.75) is 12.3 Å². The van der Waals surface area contributed by atoms with Gasteiger partial charge in [-0.25, -0.2) is 4.79 Å². The molecule has 25 heavy (non-hydrogen) atoms. The van der Waals surface area contributed by atoms with E-state index in [0.29, 0.717) is 5.56 Å². The molecule has 1 heterocycles. The fraction of sp³-hybridized carbons (Fsp3) is 0.278. The topological polar surface area (TPSA) is 82.0 Å². The van der Waals surface area contributed by atoms with Gasteiger partial charge in [-0.15, -0.1) is 0 Å². The molecule has 1 aliphatic carbocycles. The van der Waals surface area contributed by atoms with E-state index in [1.165, 1.54) is 7.11 Å².